The van der Waals surface area contributed by atoms with Gasteiger partial charge in [0.1, 0.15) is 0 Å². The van der Waals surface area contributed by atoms with Crippen LogP contribution in [0.3, 0.4) is 0 Å². The van der Waals surface area contributed by atoms with Crippen LogP contribution in [0.15, 0.2) is 0 Å². The fraction of sp³-hybridized carbons (Fsp3) is 1.00. The molecule has 0 saturated carbocycles. The van der Waals surface area contributed by atoms with Gasteiger partial charge in [-0.2, -0.15) is 0 Å². The first kappa shape index (κ1) is 16.0. The van der Waals surface area contributed by atoms with Crippen molar-refractivity contribution in [2.24, 2.45) is 5.41 Å². The number of hydrogen-bond donors (Lipinski definition) is 0. The summed E-state index contributed by atoms with van der Waals surface area (Å²) in [4.78, 5) is 5.45. The van der Waals surface area contributed by atoms with Gasteiger partial charge in [0.2, 0.25) is 0 Å². The predicted octanol–water partition coefficient (Wildman–Crippen LogP) is 3.97. The molecule has 0 spiro atoms. The van der Waals surface area contributed by atoms with E-state index in [9.17, 15) is 0 Å². The van der Waals surface area contributed by atoms with E-state index in [1.54, 1.807) is 0 Å². The molecule has 1 heterocycles. The molecular weight excluding hydrogens is 220 g/mol. The van der Waals surface area contributed by atoms with Crippen LogP contribution in [0.5, 0.6) is 0 Å². The van der Waals surface area contributed by atoms with Gasteiger partial charge in [-0.05, 0) is 37.8 Å². The highest BCUT2D eigenvalue weighted by atomic mass is 15.4. The van der Waals surface area contributed by atoms with E-state index >= 15 is 0 Å². The van der Waals surface area contributed by atoms with Crippen LogP contribution in [0.1, 0.15) is 66.7 Å². The van der Waals surface area contributed by atoms with Crippen LogP contribution >= 0.6 is 0 Å². The molecular formula is C16H34N2. The molecule has 1 saturated heterocycles. The van der Waals surface area contributed by atoms with E-state index < -0.39 is 0 Å². The summed E-state index contributed by atoms with van der Waals surface area (Å²) in [5.74, 6) is 0. The van der Waals surface area contributed by atoms with Crippen molar-refractivity contribution in [1.29, 1.82) is 0 Å². The first-order valence-corrected chi connectivity index (χ1v) is 7.96. The molecule has 0 unspecified atom stereocenters. The van der Waals surface area contributed by atoms with Gasteiger partial charge in [-0.25, -0.2) is 0 Å². The second-order valence-corrected chi connectivity index (χ2v) is 7.02. The zero-order chi connectivity index (χ0) is 13.6. The molecule has 1 aliphatic rings. The van der Waals surface area contributed by atoms with Crippen LogP contribution in [0.25, 0.3) is 0 Å². The third kappa shape index (κ3) is 5.27. The van der Waals surface area contributed by atoms with E-state index in [2.05, 4.69) is 44.4 Å². The number of unbranched alkanes of at least 4 members (excludes halogenated alkanes) is 2. The minimum Gasteiger partial charge on any atom is -0.287 e. The second-order valence-electron chi connectivity index (χ2n) is 7.02. The summed E-state index contributed by atoms with van der Waals surface area (Å²) in [6, 6.07) is 0. The third-order valence-corrected chi connectivity index (χ3v) is 3.91. The monoisotopic (exact) mass is 254 g/mol. The fourth-order valence-electron chi connectivity index (χ4n) is 2.84. The van der Waals surface area contributed by atoms with E-state index in [-0.39, 0.29) is 0 Å². The first-order chi connectivity index (χ1) is 8.48. The van der Waals surface area contributed by atoms with Gasteiger partial charge in [0.15, 0.2) is 0 Å². The number of nitrogens with zero attached hydrogens (tertiary/aromatic N) is 2. The molecule has 2 nitrogen and oxygen atoms in total. The Morgan fingerprint density at radius 3 is 1.67 bits per heavy atom. The lowest BCUT2D eigenvalue weighted by Gasteiger charge is -2.35. The van der Waals surface area contributed by atoms with E-state index in [1.807, 2.05) is 0 Å². The Kier molecular flexibility index (Phi) is 6.65. The smallest absolute Gasteiger partial charge is 0.0628 e. The van der Waals surface area contributed by atoms with Crippen molar-refractivity contribution in [3.63, 3.8) is 0 Å². The van der Waals surface area contributed by atoms with Gasteiger partial charge in [0.25, 0.3) is 0 Å². The summed E-state index contributed by atoms with van der Waals surface area (Å²) < 4.78 is 0. The van der Waals surface area contributed by atoms with Crippen molar-refractivity contribution in [2.45, 2.75) is 72.9 Å². The minimum absolute atomic E-state index is 0.434. The lowest BCUT2D eigenvalue weighted by molar-refractivity contribution is 0.0899. The quantitative estimate of drug-likeness (QED) is 0.678. The average Bonchev–Trinajstić information content (AvgIpc) is 2.64. The normalized spacial score (nSPS) is 19.8. The Balaban J connectivity index is 2.57. The highest BCUT2D eigenvalue weighted by molar-refractivity contribution is 4.85. The van der Waals surface area contributed by atoms with Crippen LogP contribution in [-0.4, -0.2) is 42.1 Å². The first-order valence-electron chi connectivity index (χ1n) is 7.96. The maximum atomic E-state index is 2.73. The summed E-state index contributed by atoms with van der Waals surface area (Å²) in [6.45, 7) is 16.9. The second kappa shape index (κ2) is 7.49. The van der Waals surface area contributed by atoms with Crippen LogP contribution in [-0.2, 0) is 0 Å². The summed E-state index contributed by atoms with van der Waals surface area (Å²) in [7, 11) is 0. The van der Waals surface area contributed by atoms with Crippen LogP contribution in [0.2, 0.25) is 0 Å². The molecule has 0 aromatic carbocycles. The molecule has 18 heavy (non-hydrogen) atoms. The van der Waals surface area contributed by atoms with Gasteiger partial charge in [-0.1, -0.05) is 47.5 Å². The summed E-state index contributed by atoms with van der Waals surface area (Å²) in [6.07, 6.45) is 7.33. The molecule has 0 aromatic rings. The maximum absolute atomic E-state index is 2.73. The molecule has 1 fully saturated rings. The van der Waals surface area contributed by atoms with Crippen molar-refractivity contribution in [1.82, 2.24) is 9.80 Å². The summed E-state index contributed by atoms with van der Waals surface area (Å²) in [5, 5.41) is 0. The Morgan fingerprint density at radius 2 is 1.33 bits per heavy atom. The van der Waals surface area contributed by atoms with Crippen molar-refractivity contribution < 1.29 is 0 Å². The van der Waals surface area contributed by atoms with Crippen LogP contribution in [0, 0.1) is 5.41 Å². The Hall–Kier alpha value is -0.0800. The maximum Gasteiger partial charge on any atom is 0.0628 e. The highest BCUT2D eigenvalue weighted by Gasteiger charge is 2.33. The van der Waals surface area contributed by atoms with E-state index in [0.29, 0.717) is 11.6 Å². The number of hydrogen-bond acceptors (Lipinski definition) is 2. The highest BCUT2D eigenvalue weighted by Crippen LogP contribution is 2.29. The molecule has 0 amide bonds. The Morgan fingerprint density at radius 1 is 0.889 bits per heavy atom. The average molecular weight is 254 g/mol. The van der Waals surface area contributed by atoms with Gasteiger partial charge in [-0.15, -0.1) is 0 Å². The van der Waals surface area contributed by atoms with Crippen molar-refractivity contribution in [3.05, 3.63) is 0 Å². The van der Waals surface area contributed by atoms with Gasteiger partial charge < -0.3 is 0 Å². The summed E-state index contributed by atoms with van der Waals surface area (Å²) in [5.41, 5.74) is 0.434. The van der Waals surface area contributed by atoms with Gasteiger partial charge >= 0.3 is 0 Å². The van der Waals surface area contributed by atoms with Crippen molar-refractivity contribution in [3.8, 4) is 0 Å². The van der Waals surface area contributed by atoms with Crippen LogP contribution in [0.4, 0.5) is 0 Å². The van der Waals surface area contributed by atoms with Gasteiger partial charge in [0.05, 0.1) is 6.17 Å². The largest absolute Gasteiger partial charge is 0.287 e. The fourth-order valence-corrected chi connectivity index (χ4v) is 2.84. The van der Waals surface area contributed by atoms with Crippen LogP contribution < -0.4 is 0 Å². The molecule has 2 heteroatoms. The minimum atomic E-state index is 0.434. The molecule has 0 aliphatic carbocycles. The van der Waals surface area contributed by atoms with Crippen molar-refractivity contribution in [2.75, 3.05) is 26.2 Å². The molecule has 0 radical (unpaired) electrons. The molecule has 0 N–H and O–H groups in total. The van der Waals surface area contributed by atoms with E-state index in [1.165, 1.54) is 58.3 Å². The molecule has 1 aliphatic heterocycles. The zero-order valence-electron chi connectivity index (χ0n) is 13.3. The molecule has 0 aromatic heterocycles. The summed E-state index contributed by atoms with van der Waals surface area (Å²) >= 11 is 0. The molecule has 0 atom stereocenters. The Labute approximate surface area is 115 Å². The third-order valence-electron chi connectivity index (χ3n) is 3.91. The Bertz CT molecular complexity index is 204. The number of rotatable bonds is 7. The van der Waals surface area contributed by atoms with E-state index in [4.69, 9.17) is 0 Å². The molecule has 1 rings (SSSR count). The lowest BCUT2D eigenvalue weighted by atomic mass is 9.90. The standard InChI is InChI=1S/C16H34N2/c1-6-8-10-17-12-13-18(11-9-7-2)15(17)14-16(3,4)5/h15H,6-14H2,1-5H3. The predicted molar refractivity (Wildman–Crippen MR) is 80.8 cm³/mol. The van der Waals surface area contributed by atoms with Gasteiger partial charge in [0, 0.05) is 13.1 Å². The topological polar surface area (TPSA) is 6.48 Å². The lowest BCUT2D eigenvalue weighted by Crippen LogP contribution is -2.42. The van der Waals surface area contributed by atoms with Gasteiger partial charge in [-0.3, -0.25) is 9.80 Å². The van der Waals surface area contributed by atoms with E-state index in [0.717, 1.165) is 0 Å². The van der Waals surface area contributed by atoms with Crippen molar-refractivity contribution >= 4 is 0 Å². The molecule has 108 valence electrons. The molecule has 0 bridgehead atoms. The SMILES string of the molecule is CCCCN1CCN(CCCC)C1CC(C)(C)C. The zero-order valence-corrected chi connectivity index (χ0v) is 13.3.